The SMILES string of the molecule is O=C1CCC(c2cccc(CN3CCN(CCNC(=O)c4cc5c(o4)C(=O)c4ccccc4C5=O)CC3)c2)C(=O)N1. The maximum absolute atomic E-state index is 12.8. The van der Waals surface area contributed by atoms with Gasteiger partial charge in [-0.05, 0) is 17.5 Å². The molecule has 210 valence electrons. The highest BCUT2D eigenvalue weighted by atomic mass is 16.4. The molecule has 0 saturated carbocycles. The number of nitrogens with zero attached hydrogens (tertiary/aromatic N) is 2. The van der Waals surface area contributed by atoms with Crippen LogP contribution in [0, 0.1) is 0 Å². The molecule has 2 aromatic carbocycles. The Morgan fingerprint density at radius 1 is 0.878 bits per heavy atom. The molecule has 2 N–H and O–H groups in total. The zero-order valence-corrected chi connectivity index (χ0v) is 22.5. The van der Waals surface area contributed by atoms with Crippen LogP contribution in [0.15, 0.2) is 59.0 Å². The third-order valence-electron chi connectivity index (χ3n) is 8.00. The van der Waals surface area contributed by atoms with Crippen LogP contribution in [0.1, 0.15) is 72.5 Å². The summed E-state index contributed by atoms with van der Waals surface area (Å²) in [5.74, 6) is -2.03. The number of benzene rings is 2. The molecule has 10 nitrogen and oxygen atoms in total. The molecule has 0 bridgehead atoms. The van der Waals surface area contributed by atoms with Gasteiger partial charge in [-0.3, -0.25) is 39.1 Å². The van der Waals surface area contributed by atoms with E-state index in [-0.39, 0.29) is 46.2 Å². The van der Waals surface area contributed by atoms with Crippen molar-refractivity contribution < 1.29 is 28.4 Å². The van der Waals surface area contributed by atoms with E-state index in [9.17, 15) is 24.0 Å². The summed E-state index contributed by atoms with van der Waals surface area (Å²) in [4.78, 5) is 66.6. The molecular formula is C31H30N4O6. The highest BCUT2D eigenvalue weighted by Gasteiger charge is 2.34. The molecule has 1 aromatic heterocycles. The third-order valence-corrected chi connectivity index (χ3v) is 8.00. The van der Waals surface area contributed by atoms with E-state index in [1.807, 2.05) is 12.1 Å². The molecule has 3 aromatic rings. The van der Waals surface area contributed by atoms with Gasteiger partial charge in [0, 0.05) is 69.4 Å². The summed E-state index contributed by atoms with van der Waals surface area (Å²) in [5, 5.41) is 5.27. The first-order valence-electron chi connectivity index (χ1n) is 13.8. The fraction of sp³-hybridized carbons (Fsp3) is 0.323. The van der Waals surface area contributed by atoms with Gasteiger partial charge in [-0.15, -0.1) is 0 Å². The Kier molecular flexibility index (Phi) is 7.34. The van der Waals surface area contributed by atoms with E-state index >= 15 is 0 Å². The van der Waals surface area contributed by atoms with Gasteiger partial charge in [0.05, 0.1) is 11.5 Å². The molecule has 10 heteroatoms. The average Bonchev–Trinajstić information content (AvgIpc) is 3.43. The number of piperazine rings is 1. The zero-order chi connectivity index (χ0) is 28.5. The van der Waals surface area contributed by atoms with Gasteiger partial charge in [-0.25, -0.2) is 0 Å². The normalized spacial score (nSPS) is 19.5. The van der Waals surface area contributed by atoms with Crippen LogP contribution in [-0.2, 0) is 16.1 Å². The zero-order valence-electron chi connectivity index (χ0n) is 22.5. The first kappa shape index (κ1) is 26.8. The number of hydrogen-bond acceptors (Lipinski definition) is 8. The van der Waals surface area contributed by atoms with Crippen LogP contribution in [-0.4, -0.2) is 78.4 Å². The molecule has 2 saturated heterocycles. The van der Waals surface area contributed by atoms with Gasteiger partial charge in [-0.2, -0.15) is 0 Å². The quantitative estimate of drug-likeness (QED) is 0.333. The highest BCUT2D eigenvalue weighted by Crippen LogP contribution is 2.30. The fourth-order valence-electron chi connectivity index (χ4n) is 5.75. The molecule has 3 aliphatic rings. The minimum Gasteiger partial charge on any atom is -0.447 e. The van der Waals surface area contributed by atoms with Gasteiger partial charge in [0.25, 0.3) is 5.91 Å². The third kappa shape index (κ3) is 5.48. The summed E-state index contributed by atoms with van der Waals surface area (Å²) in [6.07, 6.45) is 0.900. The first-order chi connectivity index (χ1) is 19.9. The molecule has 6 rings (SSSR count). The Morgan fingerprint density at radius 2 is 1.61 bits per heavy atom. The van der Waals surface area contributed by atoms with Gasteiger partial charge in [0.2, 0.25) is 17.6 Å². The Morgan fingerprint density at radius 3 is 2.37 bits per heavy atom. The Hall–Kier alpha value is -4.41. The van der Waals surface area contributed by atoms with Crippen molar-refractivity contribution in [1.29, 1.82) is 0 Å². The van der Waals surface area contributed by atoms with Crippen LogP contribution < -0.4 is 10.6 Å². The Labute approximate surface area is 236 Å². The summed E-state index contributed by atoms with van der Waals surface area (Å²) < 4.78 is 5.54. The molecular weight excluding hydrogens is 524 g/mol. The van der Waals surface area contributed by atoms with Crippen molar-refractivity contribution in [2.45, 2.75) is 25.3 Å². The number of nitrogens with one attached hydrogen (secondary N) is 2. The van der Waals surface area contributed by atoms with Crippen molar-refractivity contribution in [1.82, 2.24) is 20.4 Å². The van der Waals surface area contributed by atoms with Gasteiger partial charge in [0.15, 0.2) is 17.3 Å². The molecule has 2 aliphatic heterocycles. The van der Waals surface area contributed by atoms with E-state index in [1.165, 1.54) is 6.07 Å². The highest BCUT2D eigenvalue weighted by molar-refractivity contribution is 6.27. The number of carbonyl (C=O) groups excluding carboxylic acids is 5. The maximum atomic E-state index is 12.8. The standard InChI is InChI=1S/C31H30N4O6/c36-26-9-8-21(30(39)33-26)20-5-3-4-19(16-20)18-35-14-12-34(13-15-35)11-10-32-31(40)25-17-24-27(37)22-6-1-2-7-23(22)28(38)29(24)41-25/h1-7,16-17,21H,8-15,18H2,(H,32,40)(H,33,36,39). The van der Waals surface area contributed by atoms with Crippen LogP contribution >= 0.6 is 0 Å². The van der Waals surface area contributed by atoms with E-state index < -0.39 is 11.7 Å². The number of fused-ring (bicyclic) bond motifs is 2. The van der Waals surface area contributed by atoms with Crippen LogP contribution in [0.25, 0.3) is 0 Å². The van der Waals surface area contributed by atoms with Crippen LogP contribution in [0.4, 0.5) is 0 Å². The lowest BCUT2D eigenvalue weighted by Crippen LogP contribution is -2.48. The summed E-state index contributed by atoms with van der Waals surface area (Å²) in [5.41, 5.74) is 2.80. The predicted molar refractivity (Wildman–Crippen MR) is 148 cm³/mol. The van der Waals surface area contributed by atoms with E-state index in [4.69, 9.17) is 4.42 Å². The summed E-state index contributed by atoms with van der Waals surface area (Å²) in [7, 11) is 0. The van der Waals surface area contributed by atoms with Gasteiger partial charge in [-0.1, -0.05) is 48.5 Å². The van der Waals surface area contributed by atoms with Crippen LogP contribution in [0.3, 0.4) is 0 Å². The molecule has 1 unspecified atom stereocenters. The van der Waals surface area contributed by atoms with Crippen molar-refractivity contribution in [3.63, 3.8) is 0 Å². The number of imide groups is 1. The van der Waals surface area contributed by atoms with Crippen molar-refractivity contribution in [2.75, 3.05) is 39.3 Å². The van der Waals surface area contributed by atoms with Crippen LogP contribution in [0.2, 0.25) is 0 Å². The largest absolute Gasteiger partial charge is 0.447 e. The molecule has 3 amide bonds. The lowest BCUT2D eigenvalue weighted by Gasteiger charge is -2.34. The molecule has 2 fully saturated rings. The molecule has 1 atom stereocenters. The second-order valence-electron chi connectivity index (χ2n) is 10.7. The number of hydrogen-bond donors (Lipinski definition) is 2. The maximum Gasteiger partial charge on any atom is 0.287 e. The number of ketones is 2. The Bertz CT molecular complexity index is 1500. The molecule has 1 aliphatic carbocycles. The van der Waals surface area contributed by atoms with Crippen molar-refractivity contribution in [2.24, 2.45) is 0 Å². The van der Waals surface area contributed by atoms with E-state index in [0.29, 0.717) is 31.5 Å². The Balaban J connectivity index is 0.971. The summed E-state index contributed by atoms with van der Waals surface area (Å²) >= 11 is 0. The number of furan rings is 1. The van der Waals surface area contributed by atoms with E-state index in [2.05, 4.69) is 32.6 Å². The fourth-order valence-corrected chi connectivity index (χ4v) is 5.75. The minimum absolute atomic E-state index is 0.0473. The van der Waals surface area contributed by atoms with Crippen molar-refractivity contribution >= 4 is 29.3 Å². The van der Waals surface area contributed by atoms with Gasteiger partial charge in [0.1, 0.15) is 0 Å². The second kappa shape index (κ2) is 11.2. The lowest BCUT2D eigenvalue weighted by molar-refractivity contribution is -0.134. The summed E-state index contributed by atoms with van der Waals surface area (Å²) in [6.45, 7) is 5.27. The number of piperidine rings is 1. The van der Waals surface area contributed by atoms with Gasteiger partial charge >= 0.3 is 0 Å². The predicted octanol–water partition coefficient (Wildman–Crippen LogP) is 2.12. The van der Waals surface area contributed by atoms with Crippen LogP contribution in [0.5, 0.6) is 0 Å². The first-order valence-corrected chi connectivity index (χ1v) is 13.8. The minimum atomic E-state index is -0.460. The number of carbonyl (C=O) groups is 5. The van der Waals surface area contributed by atoms with E-state index in [1.54, 1.807) is 24.3 Å². The molecule has 3 heterocycles. The number of rotatable bonds is 7. The van der Waals surface area contributed by atoms with Crippen molar-refractivity contribution in [3.8, 4) is 0 Å². The monoisotopic (exact) mass is 554 g/mol. The van der Waals surface area contributed by atoms with Gasteiger partial charge < -0.3 is 9.73 Å². The molecule has 0 radical (unpaired) electrons. The summed E-state index contributed by atoms with van der Waals surface area (Å²) in [6, 6.07) is 16.0. The second-order valence-corrected chi connectivity index (χ2v) is 10.7. The van der Waals surface area contributed by atoms with Crippen molar-refractivity contribution in [3.05, 3.63) is 93.9 Å². The number of amides is 3. The molecule has 0 spiro atoms. The van der Waals surface area contributed by atoms with E-state index in [0.717, 1.165) is 43.9 Å². The average molecular weight is 555 g/mol. The smallest absolute Gasteiger partial charge is 0.287 e. The topological polar surface area (TPSA) is 129 Å². The lowest BCUT2D eigenvalue weighted by atomic mass is 9.89. The molecule has 41 heavy (non-hydrogen) atoms.